The molecule has 0 radical (unpaired) electrons. The number of carbonyl (C=O) groups excluding carboxylic acids is 1. The summed E-state index contributed by atoms with van der Waals surface area (Å²) in [5.74, 6) is -1.10. The molecule has 4 nitrogen and oxygen atoms in total. The molecule has 1 saturated carbocycles. The van der Waals surface area contributed by atoms with Crippen LogP contribution < -0.4 is 5.32 Å². The highest BCUT2D eigenvalue weighted by Crippen LogP contribution is 2.45. The number of hydrogen-bond donors (Lipinski definition) is 2. The second-order valence-electron chi connectivity index (χ2n) is 3.87. The SMILES string of the molecule is O=C(NCC1(C(=O)O)CC1)c1ccc(Cl)s1. The molecule has 1 aromatic rings. The fourth-order valence-electron chi connectivity index (χ4n) is 1.39. The summed E-state index contributed by atoms with van der Waals surface area (Å²) in [5.41, 5.74) is -0.725. The lowest BCUT2D eigenvalue weighted by atomic mass is 10.1. The molecule has 1 heterocycles. The molecule has 86 valence electrons. The minimum Gasteiger partial charge on any atom is -0.481 e. The second kappa shape index (κ2) is 4.07. The van der Waals surface area contributed by atoms with Crippen molar-refractivity contribution in [3.8, 4) is 0 Å². The quantitative estimate of drug-likeness (QED) is 0.869. The Kier molecular flexibility index (Phi) is 2.90. The monoisotopic (exact) mass is 259 g/mol. The summed E-state index contributed by atoms with van der Waals surface area (Å²) in [7, 11) is 0. The average Bonchev–Trinajstić information content (AvgIpc) is 2.92. The van der Waals surface area contributed by atoms with Crippen molar-refractivity contribution >= 4 is 34.8 Å². The zero-order chi connectivity index (χ0) is 11.8. The number of halogens is 1. The maximum Gasteiger partial charge on any atom is 0.311 e. The third kappa shape index (κ3) is 2.20. The molecule has 1 aliphatic carbocycles. The minimum absolute atomic E-state index is 0.191. The fourth-order valence-corrected chi connectivity index (χ4v) is 2.35. The number of nitrogens with one attached hydrogen (secondary N) is 1. The summed E-state index contributed by atoms with van der Waals surface area (Å²) in [6.07, 6.45) is 1.27. The van der Waals surface area contributed by atoms with Gasteiger partial charge in [0.2, 0.25) is 0 Å². The zero-order valence-corrected chi connectivity index (χ0v) is 9.90. The summed E-state index contributed by atoms with van der Waals surface area (Å²) in [6, 6.07) is 3.27. The van der Waals surface area contributed by atoms with Crippen molar-refractivity contribution in [2.24, 2.45) is 5.41 Å². The molecular formula is C10H10ClNO3S. The number of carboxylic acids is 1. The molecule has 2 N–H and O–H groups in total. The Morgan fingerprint density at radius 1 is 1.50 bits per heavy atom. The summed E-state index contributed by atoms with van der Waals surface area (Å²) < 4.78 is 0.546. The smallest absolute Gasteiger partial charge is 0.311 e. The van der Waals surface area contributed by atoms with Gasteiger partial charge in [0.1, 0.15) is 0 Å². The number of carbonyl (C=O) groups is 2. The van der Waals surface area contributed by atoms with Crippen LogP contribution in [-0.4, -0.2) is 23.5 Å². The Labute approximate surface area is 101 Å². The van der Waals surface area contributed by atoms with Gasteiger partial charge in [-0.15, -0.1) is 11.3 Å². The number of hydrogen-bond acceptors (Lipinski definition) is 3. The number of rotatable bonds is 4. The summed E-state index contributed by atoms with van der Waals surface area (Å²) in [4.78, 5) is 23.0. The van der Waals surface area contributed by atoms with Gasteiger partial charge in [-0.2, -0.15) is 0 Å². The number of amides is 1. The van der Waals surface area contributed by atoms with Gasteiger partial charge in [0, 0.05) is 6.54 Å². The number of carboxylic acid groups (broad SMARTS) is 1. The Balaban J connectivity index is 1.92. The summed E-state index contributed by atoms with van der Waals surface area (Å²) in [6.45, 7) is 0.191. The first-order valence-corrected chi connectivity index (χ1v) is 6.00. The van der Waals surface area contributed by atoms with E-state index in [1.165, 1.54) is 11.3 Å². The van der Waals surface area contributed by atoms with E-state index in [0.29, 0.717) is 22.1 Å². The van der Waals surface area contributed by atoms with Crippen molar-refractivity contribution in [2.45, 2.75) is 12.8 Å². The Bertz CT molecular complexity index is 439. The van der Waals surface area contributed by atoms with Gasteiger partial charge in [0.05, 0.1) is 14.6 Å². The van der Waals surface area contributed by atoms with E-state index in [2.05, 4.69) is 5.32 Å². The lowest BCUT2D eigenvalue weighted by Crippen LogP contribution is -2.33. The van der Waals surface area contributed by atoms with Crippen LogP contribution in [0.25, 0.3) is 0 Å². The highest BCUT2D eigenvalue weighted by Gasteiger charge is 2.50. The van der Waals surface area contributed by atoms with E-state index in [1.54, 1.807) is 12.1 Å². The van der Waals surface area contributed by atoms with E-state index >= 15 is 0 Å². The topological polar surface area (TPSA) is 66.4 Å². The molecule has 1 aliphatic rings. The van der Waals surface area contributed by atoms with Crippen molar-refractivity contribution in [2.75, 3.05) is 6.54 Å². The molecule has 0 aromatic carbocycles. The van der Waals surface area contributed by atoms with E-state index in [0.717, 1.165) is 0 Å². The van der Waals surface area contributed by atoms with Gasteiger partial charge in [-0.3, -0.25) is 9.59 Å². The van der Waals surface area contributed by atoms with E-state index in [1.807, 2.05) is 0 Å². The van der Waals surface area contributed by atoms with Gasteiger partial charge in [-0.25, -0.2) is 0 Å². The Morgan fingerprint density at radius 3 is 2.62 bits per heavy atom. The van der Waals surface area contributed by atoms with Gasteiger partial charge in [-0.1, -0.05) is 11.6 Å². The molecule has 0 atom stereocenters. The van der Waals surface area contributed by atoms with Crippen molar-refractivity contribution in [3.63, 3.8) is 0 Å². The first-order chi connectivity index (χ1) is 7.53. The Hall–Kier alpha value is -1.07. The molecule has 2 rings (SSSR count). The third-order valence-electron chi connectivity index (χ3n) is 2.69. The molecule has 0 spiro atoms. The average molecular weight is 260 g/mol. The van der Waals surface area contributed by atoms with Crippen LogP contribution in [0, 0.1) is 5.41 Å². The molecule has 1 fully saturated rings. The van der Waals surface area contributed by atoms with Crippen molar-refractivity contribution < 1.29 is 14.7 Å². The van der Waals surface area contributed by atoms with Gasteiger partial charge >= 0.3 is 5.97 Å². The van der Waals surface area contributed by atoms with E-state index in [4.69, 9.17) is 16.7 Å². The van der Waals surface area contributed by atoms with Crippen LogP contribution in [0.15, 0.2) is 12.1 Å². The van der Waals surface area contributed by atoms with Crippen molar-refractivity contribution in [1.82, 2.24) is 5.32 Å². The molecule has 16 heavy (non-hydrogen) atoms. The first kappa shape index (κ1) is 11.4. The van der Waals surface area contributed by atoms with Crippen LogP contribution in [0.5, 0.6) is 0 Å². The summed E-state index contributed by atoms with van der Waals surface area (Å²) in [5, 5.41) is 11.5. The lowest BCUT2D eigenvalue weighted by molar-refractivity contribution is -0.143. The molecule has 0 unspecified atom stereocenters. The van der Waals surface area contributed by atoms with Crippen LogP contribution in [-0.2, 0) is 4.79 Å². The molecule has 0 bridgehead atoms. The predicted octanol–water partition coefficient (Wildman–Crippen LogP) is 2.00. The number of aliphatic carboxylic acids is 1. The molecule has 1 amide bonds. The highest BCUT2D eigenvalue weighted by atomic mass is 35.5. The molecule has 0 saturated heterocycles. The number of thiophene rings is 1. The molecule has 0 aliphatic heterocycles. The van der Waals surface area contributed by atoms with E-state index in [9.17, 15) is 9.59 Å². The Morgan fingerprint density at radius 2 is 2.19 bits per heavy atom. The zero-order valence-electron chi connectivity index (χ0n) is 8.33. The maximum atomic E-state index is 11.6. The van der Waals surface area contributed by atoms with E-state index < -0.39 is 11.4 Å². The van der Waals surface area contributed by atoms with Crippen LogP contribution in [0.4, 0.5) is 0 Å². The summed E-state index contributed by atoms with van der Waals surface area (Å²) >= 11 is 6.88. The van der Waals surface area contributed by atoms with Crippen molar-refractivity contribution in [1.29, 1.82) is 0 Å². The van der Waals surface area contributed by atoms with Gasteiger partial charge in [0.15, 0.2) is 0 Å². The fraction of sp³-hybridized carbons (Fsp3) is 0.400. The van der Waals surface area contributed by atoms with Crippen LogP contribution >= 0.6 is 22.9 Å². The largest absolute Gasteiger partial charge is 0.481 e. The first-order valence-electron chi connectivity index (χ1n) is 4.80. The standard InChI is InChI=1S/C10H10ClNO3S/c11-7-2-1-6(16-7)8(13)12-5-10(3-4-10)9(14)15/h1-2H,3-5H2,(H,12,13)(H,14,15). The maximum absolute atomic E-state index is 11.6. The molecule has 6 heteroatoms. The second-order valence-corrected chi connectivity index (χ2v) is 5.59. The van der Waals surface area contributed by atoms with Crippen LogP contribution in [0.3, 0.4) is 0 Å². The van der Waals surface area contributed by atoms with Crippen LogP contribution in [0.2, 0.25) is 4.34 Å². The highest BCUT2D eigenvalue weighted by molar-refractivity contribution is 7.17. The van der Waals surface area contributed by atoms with Crippen LogP contribution in [0.1, 0.15) is 22.5 Å². The van der Waals surface area contributed by atoms with Gasteiger partial charge < -0.3 is 10.4 Å². The third-order valence-corrected chi connectivity index (χ3v) is 3.92. The normalized spacial score (nSPS) is 16.8. The minimum atomic E-state index is -0.836. The lowest BCUT2D eigenvalue weighted by Gasteiger charge is -2.09. The van der Waals surface area contributed by atoms with E-state index in [-0.39, 0.29) is 12.5 Å². The van der Waals surface area contributed by atoms with Gasteiger partial charge in [0.25, 0.3) is 5.91 Å². The van der Waals surface area contributed by atoms with Gasteiger partial charge in [-0.05, 0) is 25.0 Å². The molecule has 1 aromatic heterocycles. The van der Waals surface area contributed by atoms with Crippen molar-refractivity contribution in [3.05, 3.63) is 21.3 Å². The molecular weight excluding hydrogens is 250 g/mol. The predicted molar refractivity (Wildman–Crippen MR) is 61.0 cm³/mol.